The van der Waals surface area contributed by atoms with Crippen LogP contribution in [0, 0.1) is 0 Å². The van der Waals surface area contributed by atoms with Crippen molar-refractivity contribution in [3.8, 4) is 0 Å². The third-order valence-corrected chi connectivity index (χ3v) is 9.95. The summed E-state index contributed by atoms with van der Waals surface area (Å²) in [5.74, 6) is -0.201. The second kappa shape index (κ2) is 10.3. The van der Waals surface area contributed by atoms with E-state index >= 15 is 0 Å². The number of piperidine rings is 1. The number of anilines is 1. The van der Waals surface area contributed by atoms with Gasteiger partial charge in [-0.15, -0.1) is 0 Å². The number of carbonyl (C=O) groups excluding carboxylic acids is 1. The molecule has 3 heterocycles. The lowest BCUT2D eigenvalue weighted by Gasteiger charge is -2.34. The number of ether oxygens (including phenoxy) is 1. The summed E-state index contributed by atoms with van der Waals surface area (Å²) in [6.45, 7) is 3.71. The zero-order valence-electron chi connectivity index (χ0n) is 19.9. The summed E-state index contributed by atoms with van der Waals surface area (Å²) in [6, 6.07) is 14.2. The number of sulfonamides is 1. The summed E-state index contributed by atoms with van der Waals surface area (Å²) in [5.41, 5.74) is 1.29. The Morgan fingerprint density at radius 1 is 1.11 bits per heavy atom. The van der Waals surface area contributed by atoms with Crippen molar-refractivity contribution in [2.24, 2.45) is 0 Å². The molecule has 186 valence electrons. The standard InChI is InChI=1S/C26H31N3O4S2/c1-2-20-8-5-6-16-29(20)35(31,32)22-14-12-19(13-15-22)25(30)28(18-21-9-7-17-33-21)26-27-23-10-3-4-11-24(23)34-26/h3-4,10-15,20-21H,2,5-9,16-18H2,1H3. The average molecular weight is 514 g/mol. The summed E-state index contributed by atoms with van der Waals surface area (Å²) in [4.78, 5) is 20.3. The highest BCUT2D eigenvalue weighted by Gasteiger charge is 2.33. The Balaban J connectivity index is 1.42. The number of rotatable bonds is 7. The maximum Gasteiger partial charge on any atom is 0.260 e. The first-order valence-corrected chi connectivity index (χ1v) is 14.6. The van der Waals surface area contributed by atoms with Crippen molar-refractivity contribution in [3.63, 3.8) is 0 Å². The van der Waals surface area contributed by atoms with E-state index in [1.165, 1.54) is 11.3 Å². The molecule has 0 saturated carbocycles. The summed E-state index contributed by atoms with van der Waals surface area (Å²) >= 11 is 1.48. The molecular weight excluding hydrogens is 482 g/mol. The molecule has 2 fully saturated rings. The Bertz CT molecular complexity index is 1250. The van der Waals surface area contributed by atoms with Gasteiger partial charge in [-0.25, -0.2) is 13.4 Å². The molecule has 1 amide bonds. The van der Waals surface area contributed by atoms with Gasteiger partial charge in [0.2, 0.25) is 10.0 Å². The van der Waals surface area contributed by atoms with Crippen LogP contribution in [-0.4, -0.2) is 55.5 Å². The number of aromatic nitrogens is 1. The van der Waals surface area contributed by atoms with Crippen LogP contribution >= 0.6 is 11.3 Å². The van der Waals surface area contributed by atoms with E-state index in [1.807, 2.05) is 31.2 Å². The normalized spacial score (nSPS) is 21.4. The molecule has 7 nitrogen and oxygen atoms in total. The highest BCUT2D eigenvalue weighted by Crippen LogP contribution is 2.31. The van der Waals surface area contributed by atoms with Crippen molar-refractivity contribution in [1.82, 2.24) is 9.29 Å². The first-order valence-electron chi connectivity index (χ1n) is 12.4. The van der Waals surface area contributed by atoms with Gasteiger partial charge in [0.15, 0.2) is 5.13 Å². The molecule has 2 aromatic carbocycles. The van der Waals surface area contributed by atoms with Crippen molar-refractivity contribution >= 4 is 42.6 Å². The number of fused-ring (bicyclic) bond motifs is 1. The van der Waals surface area contributed by atoms with E-state index < -0.39 is 10.0 Å². The van der Waals surface area contributed by atoms with E-state index in [-0.39, 0.29) is 22.9 Å². The number of para-hydroxylation sites is 1. The summed E-state index contributed by atoms with van der Waals surface area (Å²) in [7, 11) is -3.60. The number of amides is 1. The number of thiazole rings is 1. The topological polar surface area (TPSA) is 79.8 Å². The molecule has 0 N–H and O–H groups in total. The molecule has 2 aliphatic rings. The molecule has 3 aromatic rings. The molecule has 2 saturated heterocycles. The second-order valence-corrected chi connectivity index (χ2v) is 12.1. The lowest BCUT2D eigenvalue weighted by Crippen LogP contribution is -2.43. The molecule has 0 aliphatic carbocycles. The molecule has 9 heteroatoms. The fourth-order valence-corrected chi connectivity index (χ4v) is 7.71. The minimum Gasteiger partial charge on any atom is -0.376 e. The number of hydrogen-bond donors (Lipinski definition) is 0. The third kappa shape index (κ3) is 5.00. The van der Waals surface area contributed by atoms with Gasteiger partial charge in [-0.05, 0) is 68.5 Å². The van der Waals surface area contributed by atoms with Gasteiger partial charge in [-0.2, -0.15) is 4.31 Å². The highest BCUT2D eigenvalue weighted by molar-refractivity contribution is 7.89. The van der Waals surface area contributed by atoms with Crippen LogP contribution in [0.4, 0.5) is 5.13 Å². The van der Waals surface area contributed by atoms with Crippen molar-refractivity contribution in [1.29, 1.82) is 0 Å². The van der Waals surface area contributed by atoms with Crippen LogP contribution in [0.15, 0.2) is 53.4 Å². The van der Waals surface area contributed by atoms with Crippen molar-refractivity contribution < 1.29 is 17.9 Å². The van der Waals surface area contributed by atoms with Gasteiger partial charge in [0, 0.05) is 24.8 Å². The zero-order chi connectivity index (χ0) is 24.4. The van der Waals surface area contributed by atoms with Gasteiger partial charge >= 0.3 is 0 Å². The van der Waals surface area contributed by atoms with Gasteiger partial charge in [-0.3, -0.25) is 9.69 Å². The lowest BCUT2D eigenvalue weighted by atomic mass is 10.0. The maximum atomic E-state index is 13.6. The van der Waals surface area contributed by atoms with Crippen molar-refractivity contribution in [2.45, 2.75) is 62.5 Å². The fraction of sp³-hybridized carbons (Fsp3) is 0.462. The number of benzene rings is 2. The van der Waals surface area contributed by atoms with Crippen LogP contribution in [-0.2, 0) is 14.8 Å². The van der Waals surface area contributed by atoms with Crippen LogP contribution in [0.5, 0.6) is 0 Å². The van der Waals surface area contributed by atoms with Gasteiger partial charge in [0.1, 0.15) is 0 Å². The van der Waals surface area contributed by atoms with E-state index in [0.717, 1.165) is 48.7 Å². The van der Waals surface area contributed by atoms with E-state index in [2.05, 4.69) is 0 Å². The van der Waals surface area contributed by atoms with Crippen LogP contribution in [0.2, 0.25) is 0 Å². The van der Waals surface area contributed by atoms with Crippen molar-refractivity contribution in [3.05, 3.63) is 54.1 Å². The van der Waals surface area contributed by atoms with Crippen molar-refractivity contribution in [2.75, 3.05) is 24.6 Å². The number of nitrogens with zero attached hydrogens (tertiary/aromatic N) is 3. The highest BCUT2D eigenvalue weighted by atomic mass is 32.2. The monoisotopic (exact) mass is 513 g/mol. The molecular formula is C26H31N3O4S2. The van der Waals surface area contributed by atoms with Gasteiger partial charge in [0.25, 0.3) is 5.91 Å². The first kappa shape index (κ1) is 24.4. The van der Waals surface area contributed by atoms with Gasteiger partial charge in [0.05, 0.1) is 27.8 Å². The fourth-order valence-electron chi connectivity index (χ4n) is 4.97. The van der Waals surface area contributed by atoms with Crippen LogP contribution in [0.25, 0.3) is 10.2 Å². The SMILES string of the molecule is CCC1CCCCN1S(=O)(=O)c1ccc(C(=O)N(CC2CCCO2)c2nc3ccccc3s2)cc1. The summed E-state index contributed by atoms with van der Waals surface area (Å²) in [6.07, 6.45) is 5.49. The Kier molecular flexibility index (Phi) is 7.20. The van der Waals surface area contributed by atoms with E-state index in [0.29, 0.717) is 30.4 Å². The van der Waals surface area contributed by atoms with Crippen LogP contribution < -0.4 is 4.90 Å². The Morgan fingerprint density at radius 2 is 1.91 bits per heavy atom. The molecule has 2 atom stereocenters. The van der Waals surface area contributed by atoms with Gasteiger partial charge < -0.3 is 4.74 Å². The minimum atomic E-state index is -3.60. The number of hydrogen-bond acceptors (Lipinski definition) is 6. The molecule has 2 unspecified atom stereocenters. The lowest BCUT2D eigenvalue weighted by molar-refractivity contribution is 0.0917. The predicted octanol–water partition coefficient (Wildman–Crippen LogP) is 5.08. The summed E-state index contributed by atoms with van der Waals surface area (Å²) in [5, 5.41) is 0.627. The maximum absolute atomic E-state index is 13.6. The quantitative estimate of drug-likeness (QED) is 0.440. The van der Waals surface area contributed by atoms with E-state index in [4.69, 9.17) is 9.72 Å². The first-order chi connectivity index (χ1) is 17.0. The molecule has 0 radical (unpaired) electrons. The third-order valence-electron chi connectivity index (χ3n) is 6.92. The zero-order valence-corrected chi connectivity index (χ0v) is 21.6. The van der Waals surface area contributed by atoms with Gasteiger partial charge in [-0.1, -0.05) is 36.8 Å². The van der Waals surface area contributed by atoms with E-state index in [1.54, 1.807) is 33.5 Å². The Hall–Kier alpha value is -2.33. The van der Waals surface area contributed by atoms with Crippen LogP contribution in [0.3, 0.4) is 0 Å². The molecule has 0 spiro atoms. The smallest absolute Gasteiger partial charge is 0.260 e. The minimum absolute atomic E-state index is 0.0318. The predicted molar refractivity (Wildman–Crippen MR) is 139 cm³/mol. The molecule has 0 bridgehead atoms. The second-order valence-electron chi connectivity index (χ2n) is 9.21. The van der Waals surface area contributed by atoms with Crippen LogP contribution in [0.1, 0.15) is 55.8 Å². The Labute approximate surface area is 210 Å². The average Bonchev–Trinajstić information content (AvgIpc) is 3.56. The molecule has 1 aromatic heterocycles. The summed E-state index contributed by atoms with van der Waals surface area (Å²) < 4.78 is 35.1. The van der Waals surface area contributed by atoms with E-state index in [9.17, 15) is 13.2 Å². The molecule has 5 rings (SSSR count). The number of carbonyl (C=O) groups is 1. The Morgan fingerprint density at radius 3 is 2.63 bits per heavy atom. The largest absolute Gasteiger partial charge is 0.376 e. The molecule has 2 aliphatic heterocycles. The molecule has 35 heavy (non-hydrogen) atoms.